The van der Waals surface area contributed by atoms with Crippen LogP contribution < -0.4 is 10.6 Å². The summed E-state index contributed by atoms with van der Waals surface area (Å²) in [4.78, 5) is 73.3. The number of piperazine rings is 2. The number of rotatable bonds is 16. The van der Waals surface area contributed by atoms with Crippen LogP contribution in [-0.4, -0.2) is 181 Å². The molecule has 0 radical (unpaired) electrons. The zero-order valence-electron chi connectivity index (χ0n) is 45.4. The Hall–Kier alpha value is -6.18. The molecule has 4 aromatic carbocycles. The second kappa shape index (κ2) is 24.3. The van der Waals surface area contributed by atoms with Crippen LogP contribution in [0.4, 0.5) is 9.59 Å². The van der Waals surface area contributed by atoms with Crippen molar-refractivity contribution in [3.8, 4) is 22.3 Å². The van der Waals surface area contributed by atoms with Crippen LogP contribution in [0.15, 0.2) is 72.8 Å². The maximum atomic E-state index is 14.3. The Morgan fingerprint density at radius 1 is 0.646 bits per heavy atom. The molecule has 422 valence electrons. The number of carbonyl (C=O) groups is 4. The van der Waals surface area contributed by atoms with Crippen LogP contribution >= 0.6 is 23.5 Å². The summed E-state index contributed by atoms with van der Waals surface area (Å²) in [7, 11) is -4.73. The van der Waals surface area contributed by atoms with Gasteiger partial charge in [0.1, 0.15) is 35.8 Å². The van der Waals surface area contributed by atoms with Crippen LogP contribution in [0.3, 0.4) is 0 Å². The van der Waals surface area contributed by atoms with Crippen molar-refractivity contribution in [3.63, 3.8) is 0 Å². The topological polar surface area (TPSA) is 249 Å². The third-order valence-corrected chi connectivity index (χ3v) is 19.1. The minimum atomic E-state index is -3.61. The molecule has 0 spiro atoms. The van der Waals surface area contributed by atoms with E-state index in [9.17, 15) is 36.0 Å². The van der Waals surface area contributed by atoms with E-state index in [-0.39, 0.29) is 57.0 Å². The normalized spacial score (nSPS) is 19.2. The number of aryl methyl sites for hydroxylation is 2. The number of hydrogen-bond acceptors (Lipinski definition) is 14. The van der Waals surface area contributed by atoms with Gasteiger partial charge in [0.2, 0.25) is 31.9 Å². The highest BCUT2D eigenvalue weighted by molar-refractivity contribution is 7.98. The van der Waals surface area contributed by atoms with E-state index in [2.05, 4.69) is 88.2 Å². The Labute approximate surface area is 469 Å². The van der Waals surface area contributed by atoms with Gasteiger partial charge < -0.3 is 39.9 Å². The van der Waals surface area contributed by atoms with Gasteiger partial charge in [-0.25, -0.2) is 36.4 Å². The minimum absolute atomic E-state index is 0.00834. The van der Waals surface area contributed by atoms with Crippen molar-refractivity contribution in [2.75, 3.05) is 90.0 Å². The van der Waals surface area contributed by atoms with Gasteiger partial charge in [-0.2, -0.15) is 32.1 Å². The number of methoxy groups -OCH3 is 2. The van der Waals surface area contributed by atoms with Crippen LogP contribution in [0, 0.1) is 0 Å². The molecule has 5 unspecified atom stereocenters. The molecule has 20 nitrogen and oxygen atoms in total. The molecule has 2 aromatic heterocycles. The highest BCUT2D eigenvalue weighted by Gasteiger charge is 2.41. The number of nitrogens with one attached hydrogen (secondary N) is 4. The maximum absolute atomic E-state index is 14.3. The van der Waals surface area contributed by atoms with Crippen molar-refractivity contribution in [2.24, 2.45) is 0 Å². The number of carbonyl (C=O) groups excluding carboxylic acids is 4. The molecule has 24 heteroatoms. The number of imidazole rings is 2. The number of benzene rings is 4. The SMILES string of the molecule is COC(=O)NC(CCSC)C(=O)N1CCN(S(C)(=O)=O)CC1c1nc2ccc(-c3cc4ccc3CCc3ccc(c(-c5ccc6nc(C7CN(S(C)(=O)=O)CCN7C(=O)C(CCSC)NC(=O)OC)[nH]c6c5)c3)CC4C)cc2[nH]1. The Morgan fingerprint density at radius 3 is 1.59 bits per heavy atom. The van der Waals surface area contributed by atoms with Crippen LogP contribution in [0.5, 0.6) is 0 Å². The van der Waals surface area contributed by atoms with Crippen molar-refractivity contribution in [1.29, 1.82) is 0 Å². The van der Waals surface area contributed by atoms with E-state index in [4.69, 9.17) is 19.4 Å². The number of H-pyrrole nitrogens is 2. The van der Waals surface area contributed by atoms with E-state index in [0.717, 1.165) is 87.3 Å². The number of ether oxygens (including phenoxy) is 2. The lowest BCUT2D eigenvalue weighted by molar-refractivity contribution is -0.138. The molecule has 2 fully saturated rings. The number of amides is 4. The van der Waals surface area contributed by atoms with Gasteiger partial charge in [-0.3, -0.25) is 9.59 Å². The number of aromatic nitrogens is 4. The van der Waals surface area contributed by atoms with E-state index in [1.54, 1.807) is 33.3 Å². The number of hydrogen-bond donors (Lipinski definition) is 4. The molecule has 0 saturated carbocycles. The highest BCUT2D eigenvalue weighted by atomic mass is 32.2. The first-order valence-electron chi connectivity index (χ1n) is 26.2. The van der Waals surface area contributed by atoms with E-state index >= 15 is 0 Å². The smallest absolute Gasteiger partial charge is 0.407 e. The van der Waals surface area contributed by atoms with Crippen molar-refractivity contribution in [1.82, 2.24) is 49.0 Å². The van der Waals surface area contributed by atoms with E-state index in [1.165, 1.54) is 22.8 Å². The molecule has 4 N–H and O–H groups in total. The summed E-state index contributed by atoms with van der Waals surface area (Å²) in [6.45, 7) is 2.63. The summed E-state index contributed by atoms with van der Waals surface area (Å²) in [5.74, 6) is 1.51. The van der Waals surface area contributed by atoms with Gasteiger partial charge >= 0.3 is 12.2 Å². The van der Waals surface area contributed by atoms with Gasteiger partial charge in [0.25, 0.3) is 0 Å². The minimum Gasteiger partial charge on any atom is -0.453 e. The summed E-state index contributed by atoms with van der Waals surface area (Å²) < 4.78 is 64.0. The quantitative estimate of drug-likeness (QED) is 0.0812. The van der Waals surface area contributed by atoms with E-state index in [1.807, 2.05) is 24.6 Å². The molecular formula is C55H68N10O10S4. The fourth-order valence-corrected chi connectivity index (χ4v) is 13.5. The first kappa shape index (κ1) is 57.5. The van der Waals surface area contributed by atoms with Crippen molar-refractivity contribution in [2.45, 2.75) is 69.1 Å². The number of alkyl carbamates (subject to hydrolysis) is 2. The zero-order chi connectivity index (χ0) is 56.3. The molecule has 4 bridgehead atoms. The average Bonchev–Trinajstić information content (AvgIpc) is 4.14. The van der Waals surface area contributed by atoms with Gasteiger partial charge in [-0.1, -0.05) is 55.5 Å². The third-order valence-electron chi connectivity index (χ3n) is 15.3. The molecule has 4 amide bonds. The number of thioether (sulfide) groups is 2. The zero-order valence-corrected chi connectivity index (χ0v) is 48.7. The molecule has 6 aromatic rings. The second-order valence-corrected chi connectivity index (χ2v) is 26.4. The largest absolute Gasteiger partial charge is 0.453 e. The highest BCUT2D eigenvalue weighted by Crippen LogP contribution is 2.38. The van der Waals surface area contributed by atoms with Gasteiger partial charge in [-0.15, -0.1) is 0 Å². The summed E-state index contributed by atoms with van der Waals surface area (Å²) in [5, 5.41) is 5.37. The van der Waals surface area contributed by atoms with Gasteiger partial charge in [-0.05, 0) is 131 Å². The summed E-state index contributed by atoms with van der Waals surface area (Å²) in [6.07, 6.45) is 7.64. The summed E-state index contributed by atoms with van der Waals surface area (Å²) in [5.41, 5.74) is 11.6. The first-order valence-corrected chi connectivity index (χ1v) is 32.7. The number of sulfonamides is 2. The average molecular weight is 1160 g/mol. The molecule has 4 aliphatic carbocycles. The second-order valence-electron chi connectivity index (χ2n) is 20.5. The van der Waals surface area contributed by atoms with Crippen LogP contribution in [0.1, 0.15) is 71.7 Å². The lowest BCUT2D eigenvalue weighted by Gasteiger charge is -2.40. The van der Waals surface area contributed by atoms with Crippen LogP contribution in [-0.2, 0) is 58.4 Å². The maximum Gasteiger partial charge on any atom is 0.407 e. The van der Waals surface area contributed by atoms with Crippen molar-refractivity contribution in [3.05, 3.63) is 107 Å². The van der Waals surface area contributed by atoms with E-state index in [0.29, 0.717) is 47.0 Å². The predicted octanol–water partition coefficient (Wildman–Crippen LogP) is 6.46. The molecule has 79 heavy (non-hydrogen) atoms. The summed E-state index contributed by atoms with van der Waals surface area (Å²) >= 11 is 3.09. The number of nitrogens with zero attached hydrogens (tertiary/aromatic N) is 6. The molecule has 12 rings (SSSR count). The third kappa shape index (κ3) is 12.9. The van der Waals surface area contributed by atoms with Gasteiger partial charge in [0.15, 0.2) is 0 Å². The lowest BCUT2D eigenvalue weighted by Crippen LogP contribution is -2.57. The number of aromatic amines is 2. The molecule has 2 aliphatic heterocycles. The molecule has 2 saturated heterocycles. The van der Waals surface area contributed by atoms with Crippen molar-refractivity contribution >= 4 is 89.6 Å². The first-order chi connectivity index (χ1) is 37.8. The monoisotopic (exact) mass is 1160 g/mol. The van der Waals surface area contributed by atoms with Gasteiger partial charge in [0.05, 0.1) is 48.8 Å². The van der Waals surface area contributed by atoms with E-state index < -0.39 is 56.4 Å². The van der Waals surface area contributed by atoms with Crippen molar-refractivity contribution < 1.29 is 45.5 Å². The summed E-state index contributed by atoms with van der Waals surface area (Å²) in [6, 6.07) is 22.3. The molecule has 4 heterocycles. The van der Waals surface area contributed by atoms with Gasteiger partial charge in [0, 0.05) is 39.3 Å². The van der Waals surface area contributed by atoms with Crippen LogP contribution in [0.2, 0.25) is 0 Å². The Bertz CT molecular complexity index is 3500. The number of fused-ring (bicyclic) bond motifs is 2. The molecule has 6 aliphatic rings. The Morgan fingerprint density at radius 2 is 1.13 bits per heavy atom. The fraction of sp³-hybridized carbons (Fsp3) is 0.455. The Kier molecular flexibility index (Phi) is 17.7. The Balaban J connectivity index is 0.993. The lowest BCUT2D eigenvalue weighted by atomic mass is 9.84. The molecule has 5 atom stereocenters. The molecular weight excluding hydrogens is 1090 g/mol. The predicted molar refractivity (Wildman–Crippen MR) is 309 cm³/mol. The fourth-order valence-electron chi connectivity index (χ4n) is 11.0. The van der Waals surface area contributed by atoms with Crippen LogP contribution in [0.25, 0.3) is 44.3 Å². The standard InChI is InChI=1S/C55H68N10O10S4/c1-33-26-37-11-9-34(27-40(37)38-14-16-42-46(29-38)58-50(56-42)48-31-62(78(6,70)71)20-22-64(48)52(66)44(18-24-76-4)60-54(68)74-2)8-10-35-12-13-36(33)28-41(35)39-15-17-43-47(30-39)59-51(57-43)49-32-63(79(7,72)73)21-23-65(49)53(67)45(19-25-77-5)61-55(69)75-3/h9,11-17,27-30,33,44-45,48-49H,8,10,18-26,31-32H2,1-7H3,(H,56,58)(H,57,59)(H,60,68)(H,61,69).